The van der Waals surface area contributed by atoms with Crippen LogP contribution < -0.4 is 5.69 Å². The highest BCUT2D eigenvalue weighted by molar-refractivity contribution is 7.19. The molecule has 0 amide bonds. The fourth-order valence-electron chi connectivity index (χ4n) is 3.59. The summed E-state index contributed by atoms with van der Waals surface area (Å²) in [6.45, 7) is 3.91. The van der Waals surface area contributed by atoms with E-state index >= 15 is 0 Å². The summed E-state index contributed by atoms with van der Waals surface area (Å²) in [6, 6.07) is 16.2. The molecule has 0 spiro atoms. The number of thiophene rings is 1. The van der Waals surface area contributed by atoms with Crippen LogP contribution in [0, 0.1) is 13.8 Å². The second-order valence-electron chi connectivity index (χ2n) is 7.30. The minimum absolute atomic E-state index is 0.0904. The summed E-state index contributed by atoms with van der Waals surface area (Å²) in [4.78, 5) is 32.8. The smallest absolute Gasteiger partial charge is 0.292 e. The fraction of sp³-hybridized carbons (Fsp3) is 0.130. The average Bonchev–Trinajstić information content (AvgIpc) is 3.34. The monoisotopic (exact) mass is 448 g/mol. The Kier molecular flexibility index (Phi) is 4.72. The third kappa shape index (κ3) is 3.26. The maximum atomic E-state index is 13.4. The van der Waals surface area contributed by atoms with E-state index < -0.39 is 0 Å². The summed E-state index contributed by atoms with van der Waals surface area (Å²) in [5.74, 6) is 0.301. The zero-order chi connectivity index (χ0) is 21.7. The van der Waals surface area contributed by atoms with Crippen molar-refractivity contribution in [1.29, 1.82) is 0 Å². The first-order valence-corrected chi connectivity index (χ1v) is 10.9. The zero-order valence-corrected chi connectivity index (χ0v) is 18.4. The van der Waals surface area contributed by atoms with Crippen LogP contribution in [0.25, 0.3) is 27.3 Å². The molecule has 3 aromatic heterocycles. The molecule has 5 aromatic rings. The Bertz CT molecular complexity index is 1520. The summed E-state index contributed by atoms with van der Waals surface area (Å²) < 4.78 is 2.80. The number of ketones is 1. The molecule has 8 heteroatoms. The molecule has 0 fully saturated rings. The normalized spacial score (nSPS) is 11.5. The minimum Gasteiger partial charge on any atom is -0.292 e. The molecule has 31 heavy (non-hydrogen) atoms. The first-order valence-electron chi connectivity index (χ1n) is 9.67. The van der Waals surface area contributed by atoms with Crippen LogP contribution in [0.2, 0.25) is 5.02 Å². The summed E-state index contributed by atoms with van der Waals surface area (Å²) in [6.07, 6.45) is 0. The van der Waals surface area contributed by atoms with Gasteiger partial charge in [0.15, 0.2) is 17.3 Å². The summed E-state index contributed by atoms with van der Waals surface area (Å²) in [7, 11) is 0. The molecule has 0 unspecified atom stereocenters. The highest BCUT2D eigenvalue weighted by Crippen LogP contribution is 2.32. The van der Waals surface area contributed by atoms with Crippen molar-refractivity contribution >= 4 is 44.6 Å². The van der Waals surface area contributed by atoms with Gasteiger partial charge in [0.1, 0.15) is 4.83 Å². The van der Waals surface area contributed by atoms with E-state index in [4.69, 9.17) is 11.6 Å². The van der Waals surface area contributed by atoms with Gasteiger partial charge in [0.2, 0.25) is 0 Å². The summed E-state index contributed by atoms with van der Waals surface area (Å²) in [5, 5.41) is 5.89. The van der Waals surface area contributed by atoms with E-state index in [9.17, 15) is 9.59 Å². The Balaban J connectivity index is 1.73. The number of nitrogens with zero attached hydrogens (tertiary/aromatic N) is 4. The first kappa shape index (κ1) is 19.7. The molecule has 0 saturated carbocycles. The lowest BCUT2D eigenvalue weighted by Gasteiger charge is -2.08. The van der Waals surface area contributed by atoms with E-state index in [1.165, 1.54) is 20.4 Å². The molecule has 0 saturated heterocycles. The number of hydrogen-bond donors (Lipinski definition) is 0. The van der Waals surface area contributed by atoms with Gasteiger partial charge in [-0.3, -0.25) is 9.36 Å². The standard InChI is InChI=1S/C23H17ClN4O2S/c1-13-14(2)31-22-19(13)21-25-20(16-6-4-3-5-7-16)26-28(21)23(30)27(22)12-18(29)15-8-10-17(24)11-9-15/h3-11H,12H2,1-2H3. The maximum absolute atomic E-state index is 13.4. The topological polar surface area (TPSA) is 69.3 Å². The molecule has 5 rings (SSSR count). The van der Waals surface area contributed by atoms with E-state index in [-0.39, 0.29) is 18.0 Å². The zero-order valence-electron chi connectivity index (χ0n) is 16.8. The van der Waals surface area contributed by atoms with Gasteiger partial charge in [0.25, 0.3) is 0 Å². The van der Waals surface area contributed by atoms with Crippen LogP contribution in [-0.2, 0) is 6.54 Å². The van der Waals surface area contributed by atoms with E-state index in [0.717, 1.165) is 26.2 Å². The lowest BCUT2D eigenvalue weighted by molar-refractivity contribution is 0.0972. The minimum atomic E-state index is -0.388. The number of halogens is 1. The van der Waals surface area contributed by atoms with Gasteiger partial charge in [0, 0.05) is 21.0 Å². The van der Waals surface area contributed by atoms with Crippen molar-refractivity contribution in [3.63, 3.8) is 0 Å². The Hall–Kier alpha value is -3.29. The second-order valence-corrected chi connectivity index (χ2v) is 8.94. The van der Waals surface area contributed by atoms with E-state index in [2.05, 4.69) is 10.1 Å². The molecule has 2 aromatic carbocycles. The molecular formula is C23H17ClN4O2S. The molecule has 0 aliphatic carbocycles. The van der Waals surface area contributed by atoms with Gasteiger partial charge in [0.05, 0.1) is 11.9 Å². The van der Waals surface area contributed by atoms with Crippen molar-refractivity contribution in [3.8, 4) is 11.4 Å². The Morgan fingerprint density at radius 2 is 1.77 bits per heavy atom. The van der Waals surface area contributed by atoms with Crippen molar-refractivity contribution < 1.29 is 4.79 Å². The molecule has 0 aliphatic rings. The van der Waals surface area contributed by atoms with Crippen LogP contribution in [0.4, 0.5) is 0 Å². The summed E-state index contributed by atoms with van der Waals surface area (Å²) in [5.41, 5.74) is 2.48. The number of aryl methyl sites for hydroxylation is 2. The van der Waals surface area contributed by atoms with E-state index in [1.54, 1.807) is 24.3 Å². The number of benzene rings is 2. The van der Waals surface area contributed by atoms with Crippen LogP contribution in [0.5, 0.6) is 0 Å². The molecule has 154 valence electrons. The maximum Gasteiger partial charge on any atom is 0.352 e. The SMILES string of the molecule is Cc1sc2c(c1C)c1nc(-c3ccccc3)nn1c(=O)n2CC(=O)c1ccc(Cl)cc1. The number of hydrogen-bond acceptors (Lipinski definition) is 5. The van der Waals surface area contributed by atoms with Gasteiger partial charge in [-0.05, 0) is 43.7 Å². The van der Waals surface area contributed by atoms with Gasteiger partial charge >= 0.3 is 5.69 Å². The van der Waals surface area contributed by atoms with Crippen molar-refractivity contribution in [3.05, 3.63) is 86.1 Å². The van der Waals surface area contributed by atoms with Crippen LogP contribution in [0.1, 0.15) is 20.8 Å². The quantitative estimate of drug-likeness (QED) is 0.366. The molecular weight excluding hydrogens is 432 g/mol. The van der Waals surface area contributed by atoms with Crippen molar-refractivity contribution in [1.82, 2.24) is 19.2 Å². The number of carbonyl (C=O) groups excluding carboxylic acids is 1. The van der Waals surface area contributed by atoms with Crippen LogP contribution in [-0.4, -0.2) is 24.9 Å². The largest absolute Gasteiger partial charge is 0.352 e. The number of Topliss-reactive ketones (excluding diaryl/α,β-unsaturated/α-hetero) is 1. The number of aromatic nitrogens is 4. The second kappa shape index (κ2) is 7.44. The van der Waals surface area contributed by atoms with Crippen LogP contribution in [0.15, 0.2) is 59.4 Å². The van der Waals surface area contributed by atoms with Crippen LogP contribution in [0.3, 0.4) is 0 Å². The predicted octanol–water partition coefficient (Wildman–Crippen LogP) is 4.93. The number of carbonyl (C=O) groups is 1. The van der Waals surface area contributed by atoms with Gasteiger partial charge in [-0.25, -0.2) is 9.78 Å². The number of rotatable bonds is 4. The third-order valence-electron chi connectivity index (χ3n) is 5.35. The lowest BCUT2D eigenvalue weighted by Crippen LogP contribution is -2.30. The van der Waals surface area contributed by atoms with Gasteiger partial charge in [-0.15, -0.1) is 16.4 Å². The number of fused-ring (bicyclic) bond motifs is 3. The van der Waals surface area contributed by atoms with E-state index in [0.29, 0.717) is 22.1 Å². The van der Waals surface area contributed by atoms with Gasteiger partial charge in [-0.1, -0.05) is 41.9 Å². The molecule has 0 atom stereocenters. The Labute approximate surface area is 186 Å². The molecule has 3 heterocycles. The average molecular weight is 449 g/mol. The molecule has 6 nitrogen and oxygen atoms in total. The third-order valence-corrected chi connectivity index (χ3v) is 6.84. The lowest BCUT2D eigenvalue weighted by atomic mass is 10.1. The Morgan fingerprint density at radius 3 is 2.48 bits per heavy atom. The highest BCUT2D eigenvalue weighted by atomic mass is 35.5. The van der Waals surface area contributed by atoms with E-state index in [1.807, 2.05) is 44.2 Å². The molecule has 0 radical (unpaired) electrons. The molecule has 0 N–H and O–H groups in total. The molecule has 0 bridgehead atoms. The fourth-order valence-corrected chi connectivity index (χ4v) is 4.86. The predicted molar refractivity (Wildman–Crippen MR) is 123 cm³/mol. The summed E-state index contributed by atoms with van der Waals surface area (Å²) >= 11 is 7.42. The van der Waals surface area contributed by atoms with Crippen molar-refractivity contribution in [2.45, 2.75) is 20.4 Å². The molecule has 0 aliphatic heterocycles. The van der Waals surface area contributed by atoms with Crippen LogP contribution >= 0.6 is 22.9 Å². The highest BCUT2D eigenvalue weighted by Gasteiger charge is 2.21. The van der Waals surface area contributed by atoms with Crippen molar-refractivity contribution in [2.24, 2.45) is 0 Å². The first-order chi connectivity index (χ1) is 14.9. The van der Waals surface area contributed by atoms with Gasteiger partial charge < -0.3 is 0 Å². The Morgan fingerprint density at radius 1 is 1.06 bits per heavy atom. The van der Waals surface area contributed by atoms with Gasteiger partial charge in [-0.2, -0.15) is 4.52 Å². The van der Waals surface area contributed by atoms with Crippen molar-refractivity contribution in [2.75, 3.05) is 0 Å².